The van der Waals surface area contributed by atoms with E-state index in [1.807, 2.05) is 60.7 Å². The number of benzene rings is 2. The van der Waals surface area contributed by atoms with Crippen molar-refractivity contribution in [3.8, 4) is 0 Å². The second kappa shape index (κ2) is 12.0. The van der Waals surface area contributed by atoms with Crippen LogP contribution in [-0.4, -0.2) is 34.2 Å². The number of rotatable bonds is 10. The van der Waals surface area contributed by atoms with Gasteiger partial charge in [-0.25, -0.2) is 4.98 Å². The van der Waals surface area contributed by atoms with Crippen LogP contribution in [0.5, 0.6) is 0 Å². The predicted octanol–water partition coefficient (Wildman–Crippen LogP) is 3.15. The van der Waals surface area contributed by atoms with Gasteiger partial charge in [0.2, 0.25) is 17.7 Å². The molecule has 0 aliphatic carbocycles. The van der Waals surface area contributed by atoms with Gasteiger partial charge in [0.1, 0.15) is 5.82 Å². The molecule has 164 valence electrons. The first-order chi connectivity index (χ1) is 15.6. The largest absolute Gasteiger partial charge is 0.350 e. The lowest BCUT2D eigenvalue weighted by Gasteiger charge is -2.22. The Kier molecular flexibility index (Phi) is 8.50. The van der Waals surface area contributed by atoms with E-state index in [1.54, 1.807) is 24.4 Å². The van der Waals surface area contributed by atoms with Crippen LogP contribution < -0.4 is 10.6 Å². The van der Waals surface area contributed by atoms with E-state index >= 15 is 0 Å². The van der Waals surface area contributed by atoms with E-state index < -0.39 is 0 Å². The summed E-state index contributed by atoms with van der Waals surface area (Å²) in [4.78, 5) is 43.1. The number of aromatic nitrogens is 1. The molecule has 0 bridgehead atoms. The Labute approximate surface area is 187 Å². The van der Waals surface area contributed by atoms with Crippen molar-refractivity contribution in [3.63, 3.8) is 0 Å². The number of hydrogen-bond acceptors (Lipinski definition) is 4. The summed E-state index contributed by atoms with van der Waals surface area (Å²) in [7, 11) is 0. The summed E-state index contributed by atoms with van der Waals surface area (Å²) in [6, 6.07) is 24.2. The Morgan fingerprint density at radius 1 is 0.750 bits per heavy atom. The summed E-state index contributed by atoms with van der Waals surface area (Å²) in [6.45, 7) is 0.599. The highest BCUT2D eigenvalue weighted by molar-refractivity contribution is 5.93. The Morgan fingerprint density at radius 2 is 1.41 bits per heavy atom. The Hall–Kier alpha value is -4.00. The summed E-state index contributed by atoms with van der Waals surface area (Å²) >= 11 is 0. The van der Waals surface area contributed by atoms with Gasteiger partial charge in [-0.05, 0) is 23.3 Å². The van der Waals surface area contributed by atoms with Crippen molar-refractivity contribution in [2.24, 2.45) is 0 Å². The highest BCUT2D eigenvalue weighted by atomic mass is 16.2. The number of pyridine rings is 1. The smallest absolute Gasteiger partial charge is 0.239 e. The van der Waals surface area contributed by atoms with E-state index in [2.05, 4.69) is 15.6 Å². The number of carbonyl (C=O) groups is 3. The number of anilines is 1. The molecule has 1 heterocycles. The number of nitrogens with zero attached hydrogens (tertiary/aromatic N) is 2. The van der Waals surface area contributed by atoms with Gasteiger partial charge in [0.05, 0.1) is 6.54 Å². The zero-order valence-corrected chi connectivity index (χ0v) is 17.7. The standard InChI is InChI=1S/C25H26N4O3/c30-23(28-22-13-7-8-16-26-22)14-15-25(32)29(18-21-11-5-2-6-12-21)19-24(31)27-17-20-9-3-1-4-10-20/h1-13,16H,14-15,17-19H2,(H,27,31)(H,26,28,30). The average Bonchev–Trinajstić information content (AvgIpc) is 2.83. The normalized spacial score (nSPS) is 10.2. The molecular weight excluding hydrogens is 404 g/mol. The summed E-state index contributed by atoms with van der Waals surface area (Å²) in [5, 5.41) is 5.51. The Balaban J connectivity index is 1.56. The minimum absolute atomic E-state index is 0.00251. The van der Waals surface area contributed by atoms with Crippen LogP contribution in [0.4, 0.5) is 5.82 Å². The van der Waals surface area contributed by atoms with Gasteiger partial charge in [-0.2, -0.15) is 0 Å². The van der Waals surface area contributed by atoms with Crippen molar-refractivity contribution in [3.05, 3.63) is 96.2 Å². The predicted molar refractivity (Wildman–Crippen MR) is 122 cm³/mol. The minimum atomic E-state index is -0.301. The zero-order valence-electron chi connectivity index (χ0n) is 17.7. The molecule has 0 unspecified atom stereocenters. The Bertz CT molecular complexity index is 1010. The van der Waals surface area contributed by atoms with Crippen molar-refractivity contribution >= 4 is 23.5 Å². The van der Waals surface area contributed by atoms with Gasteiger partial charge in [0.25, 0.3) is 0 Å². The molecule has 7 nitrogen and oxygen atoms in total. The first-order valence-electron chi connectivity index (χ1n) is 10.4. The molecular formula is C25H26N4O3. The fourth-order valence-electron chi connectivity index (χ4n) is 3.08. The topological polar surface area (TPSA) is 91.4 Å². The van der Waals surface area contributed by atoms with Gasteiger partial charge in [-0.15, -0.1) is 0 Å². The average molecular weight is 431 g/mol. The molecule has 0 aliphatic heterocycles. The maximum atomic E-state index is 12.9. The van der Waals surface area contributed by atoms with Crippen molar-refractivity contribution in [1.82, 2.24) is 15.2 Å². The molecule has 0 fully saturated rings. The highest BCUT2D eigenvalue weighted by Gasteiger charge is 2.19. The van der Waals surface area contributed by atoms with Gasteiger partial charge < -0.3 is 15.5 Å². The van der Waals surface area contributed by atoms with Gasteiger partial charge in [-0.3, -0.25) is 14.4 Å². The molecule has 0 saturated carbocycles. The quantitative estimate of drug-likeness (QED) is 0.517. The second-order valence-electron chi connectivity index (χ2n) is 7.26. The molecule has 0 spiro atoms. The SMILES string of the molecule is O=C(CN(Cc1ccccc1)C(=O)CCC(=O)Nc1ccccn1)NCc1ccccc1. The highest BCUT2D eigenvalue weighted by Crippen LogP contribution is 2.09. The molecule has 32 heavy (non-hydrogen) atoms. The van der Waals surface area contributed by atoms with Crippen LogP contribution in [0.2, 0.25) is 0 Å². The summed E-state index contributed by atoms with van der Waals surface area (Å²) in [5.74, 6) is -0.382. The number of amides is 3. The maximum Gasteiger partial charge on any atom is 0.239 e. The van der Waals surface area contributed by atoms with Crippen LogP contribution in [-0.2, 0) is 27.5 Å². The lowest BCUT2D eigenvalue weighted by molar-refractivity contribution is -0.137. The van der Waals surface area contributed by atoms with E-state index in [9.17, 15) is 14.4 Å². The van der Waals surface area contributed by atoms with E-state index in [-0.39, 0.29) is 37.1 Å². The van der Waals surface area contributed by atoms with Gasteiger partial charge in [0.15, 0.2) is 0 Å². The molecule has 0 aliphatic rings. The van der Waals surface area contributed by atoms with Crippen LogP contribution in [0, 0.1) is 0 Å². The molecule has 0 radical (unpaired) electrons. The van der Waals surface area contributed by atoms with Crippen molar-refractivity contribution < 1.29 is 14.4 Å². The monoisotopic (exact) mass is 430 g/mol. The number of hydrogen-bond donors (Lipinski definition) is 2. The van der Waals surface area contributed by atoms with E-state index in [1.165, 1.54) is 4.90 Å². The third-order valence-corrected chi connectivity index (χ3v) is 4.73. The van der Waals surface area contributed by atoms with Crippen molar-refractivity contribution in [2.45, 2.75) is 25.9 Å². The van der Waals surface area contributed by atoms with Crippen molar-refractivity contribution in [1.29, 1.82) is 0 Å². The van der Waals surface area contributed by atoms with Crippen molar-refractivity contribution in [2.75, 3.05) is 11.9 Å². The fraction of sp³-hybridized carbons (Fsp3) is 0.200. The second-order valence-corrected chi connectivity index (χ2v) is 7.26. The van der Waals surface area contributed by atoms with Crippen LogP contribution in [0.25, 0.3) is 0 Å². The maximum absolute atomic E-state index is 12.9. The molecule has 3 rings (SSSR count). The first-order valence-corrected chi connectivity index (χ1v) is 10.4. The molecule has 7 heteroatoms. The molecule has 2 N–H and O–H groups in total. The van der Waals surface area contributed by atoms with Crippen LogP contribution in [0.15, 0.2) is 85.1 Å². The number of carbonyl (C=O) groups excluding carboxylic acids is 3. The Morgan fingerprint density at radius 3 is 2.06 bits per heavy atom. The van der Waals surface area contributed by atoms with Crippen LogP contribution >= 0.6 is 0 Å². The summed E-state index contributed by atoms with van der Waals surface area (Å²) < 4.78 is 0. The lowest BCUT2D eigenvalue weighted by Crippen LogP contribution is -2.40. The third-order valence-electron chi connectivity index (χ3n) is 4.73. The van der Waals surface area contributed by atoms with E-state index in [0.29, 0.717) is 18.9 Å². The zero-order chi connectivity index (χ0) is 22.6. The molecule has 0 saturated heterocycles. The third kappa shape index (κ3) is 7.68. The lowest BCUT2D eigenvalue weighted by atomic mass is 10.2. The molecule has 3 amide bonds. The number of nitrogens with one attached hydrogen (secondary N) is 2. The van der Waals surface area contributed by atoms with Crippen LogP contribution in [0.1, 0.15) is 24.0 Å². The summed E-state index contributed by atoms with van der Waals surface area (Å²) in [6.07, 6.45) is 1.58. The molecule has 1 aromatic heterocycles. The fourth-order valence-corrected chi connectivity index (χ4v) is 3.08. The van der Waals surface area contributed by atoms with E-state index in [0.717, 1.165) is 11.1 Å². The first kappa shape index (κ1) is 22.7. The van der Waals surface area contributed by atoms with Gasteiger partial charge in [-0.1, -0.05) is 66.7 Å². The van der Waals surface area contributed by atoms with Gasteiger partial charge >= 0.3 is 0 Å². The van der Waals surface area contributed by atoms with Gasteiger partial charge in [0, 0.05) is 32.1 Å². The van der Waals surface area contributed by atoms with Crippen LogP contribution in [0.3, 0.4) is 0 Å². The van der Waals surface area contributed by atoms with E-state index in [4.69, 9.17) is 0 Å². The molecule has 2 aromatic carbocycles. The minimum Gasteiger partial charge on any atom is -0.350 e. The molecule has 0 atom stereocenters. The molecule has 3 aromatic rings. The summed E-state index contributed by atoms with van der Waals surface area (Å²) in [5.41, 5.74) is 1.89.